The van der Waals surface area contributed by atoms with E-state index < -0.39 is 0 Å². The Morgan fingerprint density at radius 1 is 1.06 bits per heavy atom. The van der Waals surface area contributed by atoms with Gasteiger partial charge in [0, 0.05) is 12.8 Å². The first kappa shape index (κ1) is 16.5. The van der Waals surface area contributed by atoms with E-state index in [4.69, 9.17) is 0 Å². The SMILES string of the molecule is CCl.CCl.[Zr][CH]1c2ccccc2C2C=CCCC12. The van der Waals surface area contributed by atoms with Crippen LogP contribution in [0.2, 0.25) is 0 Å². The minimum absolute atomic E-state index is 0.740. The number of alkyl halides is 2. The van der Waals surface area contributed by atoms with Gasteiger partial charge in [0.15, 0.2) is 0 Å². The van der Waals surface area contributed by atoms with Gasteiger partial charge < -0.3 is 0 Å². The molecular weight excluding hydrogens is 342 g/mol. The Bertz CT molecular complexity index is 390. The van der Waals surface area contributed by atoms with E-state index in [0.717, 1.165) is 15.5 Å². The van der Waals surface area contributed by atoms with Crippen molar-refractivity contribution in [2.75, 3.05) is 12.8 Å². The predicted octanol–water partition coefficient (Wildman–Crippen LogP) is 5.05. The molecule has 0 fully saturated rings. The van der Waals surface area contributed by atoms with E-state index in [1.54, 1.807) is 35.8 Å². The maximum atomic E-state index is 4.64. The Hall–Kier alpha value is 0.423. The third-order valence-electron chi connectivity index (χ3n) is 3.59. The van der Waals surface area contributed by atoms with E-state index in [-0.39, 0.29) is 0 Å². The molecule has 0 saturated heterocycles. The van der Waals surface area contributed by atoms with Gasteiger partial charge in [-0.15, -0.1) is 23.2 Å². The van der Waals surface area contributed by atoms with E-state index in [9.17, 15) is 0 Å². The fourth-order valence-corrected chi connectivity index (χ4v) is 4.46. The molecule has 1 aromatic rings. The normalized spacial score (nSPS) is 26.9. The van der Waals surface area contributed by atoms with Crippen LogP contribution in [0, 0.1) is 5.92 Å². The van der Waals surface area contributed by atoms with Gasteiger partial charge in [0.2, 0.25) is 0 Å². The standard InChI is InChI=1S/C13H13.2CH3Cl.Zr/c1-3-7-12-10(5-1)9-11-6-2-4-8-13(11)12;2*1-2;/h1,3-5,7-9,11,13H,2,6H2;2*1H3;. The van der Waals surface area contributed by atoms with Crippen molar-refractivity contribution in [3.05, 3.63) is 47.5 Å². The molecule has 1 aromatic carbocycles. The second kappa shape index (κ2) is 8.57. The van der Waals surface area contributed by atoms with Gasteiger partial charge >= 0.3 is 101 Å². The topological polar surface area (TPSA) is 0 Å². The molecule has 0 aromatic heterocycles. The number of allylic oxidation sites excluding steroid dienone is 2. The summed E-state index contributed by atoms with van der Waals surface area (Å²) in [5.41, 5.74) is 3.24. The van der Waals surface area contributed by atoms with Gasteiger partial charge in [-0.1, -0.05) is 0 Å². The summed E-state index contributed by atoms with van der Waals surface area (Å²) < 4.78 is 0.855. The zero-order valence-corrected chi connectivity index (χ0v) is 14.8. The van der Waals surface area contributed by atoms with Gasteiger partial charge in [-0.25, -0.2) is 0 Å². The molecule has 0 N–H and O–H groups in total. The van der Waals surface area contributed by atoms with Gasteiger partial charge in [-0.3, -0.25) is 0 Å². The van der Waals surface area contributed by atoms with Crippen molar-refractivity contribution < 1.29 is 24.7 Å². The Morgan fingerprint density at radius 3 is 2.33 bits per heavy atom. The molecule has 3 heteroatoms. The molecule has 97 valence electrons. The van der Waals surface area contributed by atoms with Crippen LogP contribution in [0.5, 0.6) is 0 Å². The van der Waals surface area contributed by atoms with E-state index in [0.29, 0.717) is 0 Å². The zero-order chi connectivity index (χ0) is 13.5. The molecule has 0 amide bonds. The number of hydrogen-bond acceptors (Lipinski definition) is 0. The van der Waals surface area contributed by atoms with Gasteiger partial charge in [0.05, 0.1) is 0 Å². The van der Waals surface area contributed by atoms with Crippen molar-refractivity contribution in [2.45, 2.75) is 22.4 Å². The van der Waals surface area contributed by atoms with Gasteiger partial charge in [-0.05, 0) is 0 Å². The average Bonchev–Trinajstić information content (AvgIpc) is 2.78. The van der Waals surface area contributed by atoms with Crippen LogP contribution in [0.1, 0.15) is 33.5 Å². The van der Waals surface area contributed by atoms with Crippen molar-refractivity contribution in [1.29, 1.82) is 0 Å². The van der Waals surface area contributed by atoms with Crippen LogP contribution in [0.25, 0.3) is 0 Å². The van der Waals surface area contributed by atoms with Crippen LogP contribution in [0.15, 0.2) is 36.4 Å². The molecule has 0 heterocycles. The van der Waals surface area contributed by atoms with Crippen molar-refractivity contribution in [2.24, 2.45) is 5.92 Å². The van der Waals surface area contributed by atoms with Crippen LogP contribution in [0.4, 0.5) is 0 Å². The second-order valence-corrected chi connectivity index (χ2v) is 5.83. The van der Waals surface area contributed by atoms with Gasteiger partial charge in [0.1, 0.15) is 0 Å². The molecule has 2 aliphatic rings. The first-order valence-corrected chi connectivity index (χ1v) is 9.03. The average molecular weight is 361 g/mol. The number of rotatable bonds is 0. The molecule has 0 nitrogen and oxygen atoms in total. The first-order valence-electron chi connectivity index (χ1n) is 6.10. The summed E-state index contributed by atoms with van der Waals surface area (Å²) in [6.07, 6.45) is 10.4. The van der Waals surface area contributed by atoms with Crippen molar-refractivity contribution in [3.63, 3.8) is 0 Å². The Morgan fingerprint density at radius 2 is 1.67 bits per heavy atom. The molecule has 3 unspecified atom stereocenters. The zero-order valence-electron chi connectivity index (χ0n) is 10.9. The molecule has 0 aliphatic heterocycles. The van der Waals surface area contributed by atoms with E-state index in [1.807, 2.05) is 0 Å². The summed E-state index contributed by atoms with van der Waals surface area (Å²) in [5.74, 6) is 1.65. The van der Waals surface area contributed by atoms with Crippen LogP contribution >= 0.6 is 23.2 Å². The summed E-state index contributed by atoms with van der Waals surface area (Å²) in [7, 11) is 0. The number of benzene rings is 1. The predicted molar refractivity (Wildman–Crippen MR) is 77.3 cm³/mol. The first-order chi connectivity index (χ1) is 8.88. The van der Waals surface area contributed by atoms with Crippen LogP contribution < -0.4 is 0 Å². The molecule has 0 bridgehead atoms. The fourth-order valence-electron chi connectivity index (χ4n) is 2.89. The quantitative estimate of drug-likeness (QED) is 0.448. The summed E-state index contributed by atoms with van der Waals surface area (Å²) in [6, 6.07) is 9.04. The summed E-state index contributed by atoms with van der Waals surface area (Å²) in [5, 5.41) is 0. The fraction of sp³-hybridized carbons (Fsp3) is 0.467. The van der Waals surface area contributed by atoms with Crippen molar-refractivity contribution in [3.8, 4) is 0 Å². The summed E-state index contributed by atoms with van der Waals surface area (Å²) in [4.78, 5) is 0. The Kier molecular flexibility index (Phi) is 7.84. The minimum atomic E-state index is 0.740. The molecule has 3 atom stereocenters. The maximum absolute atomic E-state index is 4.64. The summed E-state index contributed by atoms with van der Waals surface area (Å²) >= 11 is 11.0. The molecular formula is C15H19Cl2Zr. The Labute approximate surface area is 136 Å². The van der Waals surface area contributed by atoms with E-state index >= 15 is 0 Å². The third kappa shape index (κ3) is 3.30. The van der Waals surface area contributed by atoms with Gasteiger partial charge in [0.25, 0.3) is 0 Å². The van der Waals surface area contributed by atoms with E-state index in [1.165, 1.54) is 25.6 Å². The monoisotopic (exact) mass is 359 g/mol. The van der Waals surface area contributed by atoms with Crippen molar-refractivity contribution >= 4 is 23.2 Å². The van der Waals surface area contributed by atoms with E-state index in [2.05, 4.69) is 59.6 Å². The molecule has 18 heavy (non-hydrogen) atoms. The molecule has 0 spiro atoms. The van der Waals surface area contributed by atoms with Crippen LogP contribution in [0.3, 0.4) is 0 Å². The molecule has 0 saturated carbocycles. The third-order valence-corrected chi connectivity index (χ3v) is 5.41. The van der Waals surface area contributed by atoms with Crippen LogP contribution in [-0.4, -0.2) is 12.8 Å². The summed E-state index contributed by atoms with van der Waals surface area (Å²) in [6.45, 7) is 0. The number of halogens is 2. The van der Waals surface area contributed by atoms with Crippen molar-refractivity contribution in [1.82, 2.24) is 0 Å². The Balaban J connectivity index is 0.000000371. The molecule has 2 aliphatic carbocycles. The van der Waals surface area contributed by atoms with Crippen LogP contribution in [-0.2, 0) is 24.7 Å². The second-order valence-electron chi connectivity index (χ2n) is 4.30. The molecule has 3 rings (SSSR count). The van der Waals surface area contributed by atoms with Gasteiger partial charge in [-0.2, -0.15) is 0 Å². The number of hydrogen-bond donors (Lipinski definition) is 0. The molecule has 0 radical (unpaired) electrons. The number of fused-ring (bicyclic) bond motifs is 3.